The first-order valence-corrected chi connectivity index (χ1v) is 8.91. The zero-order valence-electron chi connectivity index (χ0n) is 13.5. The van der Waals surface area contributed by atoms with Crippen molar-refractivity contribution in [2.75, 3.05) is 11.9 Å². The number of ether oxygens (including phenoxy) is 1. The molecular formula is C17H23N5O. The second kappa shape index (κ2) is 4.90. The molecule has 2 unspecified atom stereocenters. The molecule has 6 nitrogen and oxygen atoms in total. The predicted octanol–water partition coefficient (Wildman–Crippen LogP) is 2.76. The second-order valence-corrected chi connectivity index (χ2v) is 7.28. The van der Waals surface area contributed by atoms with E-state index in [0.29, 0.717) is 23.5 Å². The van der Waals surface area contributed by atoms with E-state index in [1.807, 2.05) is 16.6 Å². The van der Waals surface area contributed by atoms with Crippen molar-refractivity contribution in [3.05, 3.63) is 18.0 Å². The van der Waals surface area contributed by atoms with Crippen molar-refractivity contribution in [2.45, 2.75) is 63.5 Å². The van der Waals surface area contributed by atoms with Crippen LogP contribution in [0.3, 0.4) is 0 Å². The van der Waals surface area contributed by atoms with Crippen LogP contribution in [0, 0.1) is 5.41 Å². The molecule has 0 amide bonds. The van der Waals surface area contributed by atoms with Gasteiger partial charge in [-0.1, -0.05) is 6.42 Å². The molecule has 23 heavy (non-hydrogen) atoms. The van der Waals surface area contributed by atoms with Crippen LogP contribution in [0.1, 0.15) is 57.2 Å². The van der Waals surface area contributed by atoms with Crippen molar-refractivity contribution in [1.82, 2.24) is 19.8 Å². The minimum absolute atomic E-state index is 0.346. The summed E-state index contributed by atoms with van der Waals surface area (Å²) in [7, 11) is 0. The van der Waals surface area contributed by atoms with Crippen molar-refractivity contribution in [1.29, 1.82) is 0 Å². The van der Waals surface area contributed by atoms with Gasteiger partial charge in [0.15, 0.2) is 11.5 Å². The summed E-state index contributed by atoms with van der Waals surface area (Å²) in [5.74, 6) is 2.50. The maximum Gasteiger partial charge on any atom is 0.178 e. The normalized spacial score (nSPS) is 28.6. The number of aromatic nitrogens is 4. The van der Waals surface area contributed by atoms with E-state index >= 15 is 0 Å². The number of nitrogens with one attached hydrogen (secondary N) is 1. The van der Waals surface area contributed by atoms with E-state index in [1.54, 1.807) is 0 Å². The lowest BCUT2D eigenvalue weighted by atomic mass is 9.51. The lowest BCUT2D eigenvalue weighted by molar-refractivity contribution is -0.157. The fourth-order valence-corrected chi connectivity index (χ4v) is 4.30. The van der Waals surface area contributed by atoms with Crippen molar-refractivity contribution < 1.29 is 4.74 Å². The number of hydrogen-bond donors (Lipinski definition) is 1. The van der Waals surface area contributed by atoms with Crippen LogP contribution >= 0.6 is 0 Å². The van der Waals surface area contributed by atoms with Crippen LogP contribution in [0.15, 0.2) is 12.1 Å². The molecule has 2 atom stereocenters. The maximum absolute atomic E-state index is 5.93. The zero-order chi connectivity index (χ0) is 15.4. The van der Waals surface area contributed by atoms with Crippen molar-refractivity contribution in [3.8, 4) is 0 Å². The number of rotatable bonds is 5. The number of anilines is 1. The molecule has 1 spiro atoms. The van der Waals surface area contributed by atoms with Crippen LogP contribution in [-0.4, -0.2) is 38.6 Å². The van der Waals surface area contributed by atoms with E-state index in [0.717, 1.165) is 30.3 Å². The Morgan fingerprint density at radius 1 is 1.30 bits per heavy atom. The molecular weight excluding hydrogens is 290 g/mol. The minimum Gasteiger partial charge on any atom is -0.378 e. The Balaban J connectivity index is 1.38. The highest BCUT2D eigenvalue weighted by molar-refractivity contribution is 5.46. The highest BCUT2D eigenvalue weighted by Crippen LogP contribution is 2.58. The Morgan fingerprint density at radius 3 is 2.87 bits per heavy atom. The Bertz CT molecular complexity index is 734. The van der Waals surface area contributed by atoms with Gasteiger partial charge in [0.2, 0.25) is 0 Å². The van der Waals surface area contributed by atoms with Crippen LogP contribution in [-0.2, 0) is 4.74 Å². The Hall–Kier alpha value is -1.69. The largest absolute Gasteiger partial charge is 0.378 e. The van der Waals surface area contributed by atoms with Crippen LogP contribution in [0.4, 0.5) is 5.82 Å². The van der Waals surface area contributed by atoms with Crippen molar-refractivity contribution >= 4 is 11.5 Å². The van der Waals surface area contributed by atoms with Gasteiger partial charge in [0.05, 0.1) is 6.10 Å². The first-order valence-electron chi connectivity index (χ1n) is 8.91. The molecule has 0 aromatic carbocycles. The summed E-state index contributed by atoms with van der Waals surface area (Å²) >= 11 is 0. The Kier molecular flexibility index (Phi) is 2.92. The topological polar surface area (TPSA) is 64.3 Å². The summed E-state index contributed by atoms with van der Waals surface area (Å²) in [4.78, 5) is 0. The van der Waals surface area contributed by atoms with Gasteiger partial charge in [-0.05, 0) is 51.2 Å². The van der Waals surface area contributed by atoms with Gasteiger partial charge in [0.25, 0.3) is 0 Å². The van der Waals surface area contributed by atoms with Crippen LogP contribution in [0.25, 0.3) is 5.65 Å². The molecule has 2 heterocycles. The lowest BCUT2D eigenvalue weighted by Gasteiger charge is -2.61. The number of fused-ring (bicyclic) bond motifs is 1. The molecule has 2 aromatic rings. The number of hydrogen-bond acceptors (Lipinski definition) is 5. The molecule has 3 aliphatic rings. The third-order valence-corrected chi connectivity index (χ3v) is 5.99. The smallest absolute Gasteiger partial charge is 0.178 e. The molecule has 0 bridgehead atoms. The van der Waals surface area contributed by atoms with Gasteiger partial charge in [0, 0.05) is 24.0 Å². The minimum atomic E-state index is 0.346. The maximum atomic E-state index is 5.93. The quantitative estimate of drug-likeness (QED) is 0.919. The van der Waals surface area contributed by atoms with Gasteiger partial charge in [-0.15, -0.1) is 15.3 Å². The molecule has 1 N–H and O–H groups in total. The summed E-state index contributed by atoms with van der Waals surface area (Å²) in [5, 5.41) is 16.9. The van der Waals surface area contributed by atoms with Gasteiger partial charge in [-0.3, -0.25) is 0 Å². The third kappa shape index (κ3) is 2.00. The summed E-state index contributed by atoms with van der Waals surface area (Å²) in [6.45, 7) is 2.91. The monoisotopic (exact) mass is 313 g/mol. The standard InChI is InChI=1S/C17H23N5O/c1-2-23-13-10-12(17(13)8-3-9-17)18-14-6-7-15-19-20-16(11-4-5-11)22(15)21-14/h6-7,11-13H,2-5,8-10H2,1H3,(H,18,21). The zero-order valence-corrected chi connectivity index (χ0v) is 13.5. The van der Waals surface area contributed by atoms with Crippen LogP contribution in [0.5, 0.6) is 0 Å². The fourth-order valence-electron chi connectivity index (χ4n) is 4.30. The SMILES string of the molecule is CCOC1CC(Nc2ccc3nnc(C4CC4)n3n2)C12CCC2. The van der Waals surface area contributed by atoms with E-state index in [4.69, 9.17) is 9.84 Å². The molecule has 3 saturated carbocycles. The van der Waals surface area contributed by atoms with Crippen LogP contribution < -0.4 is 5.32 Å². The van der Waals surface area contributed by atoms with Gasteiger partial charge in [-0.25, -0.2) is 0 Å². The van der Waals surface area contributed by atoms with Crippen LogP contribution in [0.2, 0.25) is 0 Å². The number of nitrogens with zero attached hydrogens (tertiary/aromatic N) is 4. The molecule has 3 aliphatic carbocycles. The van der Waals surface area contributed by atoms with E-state index in [9.17, 15) is 0 Å². The second-order valence-electron chi connectivity index (χ2n) is 7.28. The molecule has 5 rings (SSSR count). The van der Waals surface area contributed by atoms with Gasteiger partial charge in [-0.2, -0.15) is 4.52 Å². The molecule has 0 radical (unpaired) electrons. The van der Waals surface area contributed by atoms with E-state index in [2.05, 4.69) is 22.4 Å². The first-order chi connectivity index (χ1) is 11.3. The molecule has 0 aliphatic heterocycles. The average Bonchev–Trinajstić information content (AvgIpc) is 3.24. The van der Waals surface area contributed by atoms with Gasteiger partial charge >= 0.3 is 0 Å². The van der Waals surface area contributed by atoms with Crippen molar-refractivity contribution in [2.24, 2.45) is 5.41 Å². The molecule has 0 saturated heterocycles. The van der Waals surface area contributed by atoms with Gasteiger partial charge in [0.1, 0.15) is 5.82 Å². The third-order valence-electron chi connectivity index (χ3n) is 5.99. The first kappa shape index (κ1) is 13.7. The summed E-state index contributed by atoms with van der Waals surface area (Å²) < 4.78 is 7.86. The fraction of sp³-hybridized carbons (Fsp3) is 0.706. The Morgan fingerprint density at radius 2 is 2.17 bits per heavy atom. The van der Waals surface area contributed by atoms with Gasteiger partial charge < -0.3 is 10.1 Å². The van der Waals surface area contributed by atoms with E-state index in [-0.39, 0.29) is 0 Å². The van der Waals surface area contributed by atoms with Crippen molar-refractivity contribution in [3.63, 3.8) is 0 Å². The van der Waals surface area contributed by atoms with E-state index in [1.165, 1.54) is 32.1 Å². The molecule has 3 fully saturated rings. The highest BCUT2D eigenvalue weighted by Gasteiger charge is 2.59. The summed E-state index contributed by atoms with van der Waals surface area (Å²) in [6.07, 6.45) is 7.81. The predicted molar refractivity (Wildman–Crippen MR) is 86.5 cm³/mol. The average molecular weight is 313 g/mol. The summed E-state index contributed by atoms with van der Waals surface area (Å²) in [6, 6.07) is 4.53. The lowest BCUT2D eigenvalue weighted by Crippen LogP contribution is -2.64. The van der Waals surface area contributed by atoms with E-state index < -0.39 is 0 Å². The Labute approximate surface area is 135 Å². The molecule has 122 valence electrons. The highest BCUT2D eigenvalue weighted by atomic mass is 16.5. The molecule has 6 heteroatoms. The summed E-state index contributed by atoms with van der Waals surface area (Å²) in [5.41, 5.74) is 1.19. The molecule has 2 aromatic heterocycles.